The van der Waals surface area contributed by atoms with Crippen LogP contribution in [-0.2, 0) is 0 Å². The van der Waals surface area contributed by atoms with E-state index in [1.807, 2.05) is 0 Å². The number of nitrogens with one attached hydrogen (secondary N) is 1. The van der Waals surface area contributed by atoms with Gasteiger partial charge in [0.25, 0.3) is 0 Å². The number of halogens is 1. The second kappa shape index (κ2) is 1.59. The molecule has 0 aromatic carbocycles. The van der Waals surface area contributed by atoms with Crippen LogP contribution in [0.3, 0.4) is 0 Å². The predicted octanol–water partition coefficient (Wildman–Crippen LogP) is 1.08. The first-order chi connectivity index (χ1) is 3.70. The lowest BCUT2D eigenvalue weighted by molar-refractivity contribution is 0.452. The van der Waals surface area contributed by atoms with Crippen LogP contribution >= 0.6 is 11.6 Å². The molecule has 0 saturated heterocycles. The van der Waals surface area contributed by atoms with Crippen LogP contribution in [0, 0.1) is 0 Å². The Morgan fingerprint density at radius 2 is 2.12 bits per heavy atom. The minimum atomic E-state index is -0.135. The number of aromatic hydroxyl groups is 2. The fourth-order valence-corrected chi connectivity index (χ4v) is 0.557. The fraction of sp³-hybridized carbons (Fsp3) is 0. The van der Waals surface area contributed by atoms with E-state index < -0.39 is 0 Å². The van der Waals surface area contributed by atoms with Gasteiger partial charge in [-0.05, 0) is 0 Å². The van der Waals surface area contributed by atoms with Crippen LogP contribution in [0.15, 0.2) is 6.07 Å². The average molecular weight is 134 g/mol. The highest BCUT2D eigenvalue weighted by atomic mass is 35.5. The van der Waals surface area contributed by atoms with Crippen LogP contribution in [0.4, 0.5) is 0 Å². The van der Waals surface area contributed by atoms with Crippen molar-refractivity contribution in [1.29, 1.82) is 0 Å². The topological polar surface area (TPSA) is 56.2 Å². The van der Waals surface area contributed by atoms with Gasteiger partial charge in [0.15, 0.2) is 16.8 Å². The highest BCUT2D eigenvalue weighted by Gasteiger charge is 1.99. The summed E-state index contributed by atoms with van der Waals surface area (Å²) in [5.41, 5.74) is 0. The molecule has 0 fully saturated rings. The van der Waals surface area contributed by atoms with E-state index in [1.54, 1.807) is 0 Å². The Balaban J connectivity index is 3.14. The summed E-state index contributed by atoms with van der Waals surface area (Å²) in [6, 6.07) is 1.13. The van der Waals surface area contributed by atoms with Crippen molar-refractivity contribution in [3.05, 3.63) is 11.2 Å². The second-order valence-corrected chi connectivity index (χ2v) is 1.73. The molecule has 1 heterocycles. The molecule has 3 nitrogen and oxygen atoms in total. The van der Waals surface area contributed by atoms with Gasteiger partial charge in [0, 0.05) is 6.07 Å². The van der Waals surface area contributed by atoms with Gasteiger partial charge in [-0.2, -0.15) is 0 Å². The van der Waals surface area contributed by atoms with Gasteiger partial charge in [-0.15, -0.1) is 0 Å². The highest BCUT2D eigenvalue weighted by molar-refractivity contribution is 6.31. The normalized spacial score (nSPS) is 9.62. The maximum atomic E-state index is 8.62. The number of aromatic amines is 1. The summed E-state index contributed by atoms with van der Waals surface area (Å²) in [6.07, 6.45) is 0. The van der Waals surface area contributed by atoms with Crippen LogP contribution < -0.4 is 0 Å². The van der Waals surface area contributed by atoms with E-state index in [0.29, 0.717) is 0 Å². The Bertz CT molecular complexity index is 176. The van der Waals surface area contributed by atoms with Crippen molar-refractivity contribution in [1.82, 2.24) is 4.98 Å². The van der Waals surface area contributed by atoms with Crippen molar-refractivity contribution in [2.75, 3.05) is 0 Å². The van der Waals surface area contributed by atoms with E-state index in [1.165, 1.54) is 0 Å². The third-order valence-electron chi connectivity index (χ3n) is 0.736. The van der Waals surface area contributed by atoms with E-state index in [-0.39, 0.29) is 16.8 Å². The maximum absolute atomic E-state index is 8.62. The number of rotatable bonds is 0. The van der Waals surface area contributed by atoms with Crippen molar-refractivity contribution < 1.29 is 10.2 Å². The summed E-state index contributed by atoms with van der Waals surface area (Å²) in [6.45, 7) is 0. The van der Waals surface area contributed by atoms with Gasteiger partial charge < -0.3 is 15.2 Å². The van der Waals surface area contributed by atoms with Gasteiger partial charge in [-0.3, -0.25) is 0 Å². The number of H-pyrrole nitrogens is 1. The van der Waals surface area contributed by atoms with Crippen molar-refractivity contribution in [3.8, 4) is 11.6 Å². The summed E-state index contributed by atoms with van der Waals surface area (Å²) in [7, 11) is 0. The zero-order chi connectivity index (χ0) is 6.15. The monoisotopic (exact) mass is 133 g/mol. The summed E-state index contributed by atoms with van der Waals surface area (Å²) < 4.78 is 0. The van der Waals surface area contributed by atoms with Crippen molar-refractivity contribution in [2.45, 2.75) is 0 Å². The molecule has 1 aromatic rings. The van der Waals surface area contributed by atoms with E-state index in [9.17, 15) is 0 Å². The molecule has 44 valence electrons. The molecule has 1 aromatic heterocycles. The molecule has 8 heavy (non-hydrogen) atoms. The van der Waals surface area contributed by atoms with Crippen LogP contribution in [0.1, 0.15) is 0 Å². The zero-order valence-electron chi connectivity index (χ0n) is 3.85. The van der Waals surface area contributed by atoms with Crippen LogP contribution in [-0.4, -0.2) is 15.2 Å². The van der Waals surface area contributed by atoms with Crippen molar-refractivity contribution in [2.24, 2.45) is 0 Å². The molecule has 0 aliphatic heterocycles. The van der Waals surface area contributed by atoms with Gasteiger partial charge >= 0.3 is 0 Å². The first kappa shape index (κ1) is 5.31. The van der Waals surface area contributed by atoms with Gasteiger partial charge in [0.2, 0.25) is 0 Å². The van der Waals surface area contributed by atoms with Crippen molar-refractivity contribution >= 4 is 11.6 Å². The molecular formula is C4H4ClNO2. The Labute approximate surface area is 50.5 Å². The molecule has 0 aliphatic carbocycles. The van der Waals surface area contributed by atoms with Gasteiger partial charge in [-0.25, -0.2) is 0 Å². The van der Waals surface area contributed by atoms with Gasteiger partial charge in [-0.1, -0.05) is 11.6 Å². The lowest BCUT2D eigenvalue weighted by Gasteiger charge is -1.77. The molecule has 3 N–H and O–H groups in total. The van der Waals surface area contributed by atoms with Gasteiger partial charge in [0.1, 0.15) is 0 Å². The summed E-state index contributed by atoms with van der Waals surface area (Å²) in [5.74, 6) is -0.267. The standard InChI is InChI=1S/C4H4ClNO2/c5-4-2(7)1-3(8)6-4/h1,6-8H. The number of hydrogen-bond donors (Lipinski definition) is 3. The molecule has 0 spiro atoms. The molecule has 4 heteroatoms. The Morgan fingerprint density at radius 1 is 1.50 bits per heavy atom. The smallest absolute Gasteiger partial charge is 0.193 e. The lowest BCUT2D eigenvalue weighted by atomic mass is 10.6. The molecule has 0 unspecified atom stereocenters. The Kier molecular flexibility index (Phi) is 1.06. The lowest BCUT2D eigenvalue weighted by Crippen LogP contribution is -1.58. The Morgan fingerprint density at radius 3 is 2.25 bits per heavy atom. The molecule has 1 rings (SSSR count). The van der Waals surface area contributed by atoms with Crippen LogP contribution in [0.25, 0.3) is 0 Å². The molecular weight excluding hydrogens is 130 g/mol. The zero-order valence-corrected chi connectivity index (χ0v) is 4.61. The average Bonchev–Trinajstić information content (AvgIpc) is 1.85. The highest BCUT2D eigenvalue weighted by Crippen LogP contribution is 2.25. The predicted molar refractivity (Wildman–Crippen MR) is 29.1 cm³/mol. The van der Waals surface area contributed by atoms with E-state index >= 15 is 0 Å². The third-order valence-corrected chi connectivity index (χ3v) is 1.02. The molecule has 0 aliphatic rings. The fourth-order valence-electron chi connectivity index (χ4n) is 0.405. The largest absolute Gasteiger partial charge is 0.505 e. The molecule has 0 radical (unpaired) electrons. The Hall–Kier alpha value is -0.830. The van der Waals surface area contributed by atoms with E-state index in [2.05, 4.69) is 4.98 Å². The molecule has 0 bridgehead atoms. The second-order valence-electron chi connectivity index (χ2n) is 1.35. The molecule has 0 atom stereocenters. The van der Waals surface area contributed by atoms with E-state index in [0.717, 1.165) is 6.07 Å². The summed E-state index contributed by atoms with van der Waals surface area (Å²) in [5, 5.41) is 17.2. The van der Waals surface area contributed by atoms with Crippen LogP contribution in [0.2, 0.25) is 5.15 Å². The SMILES string of the molecule is Oc1cc(O)c(Cl)[nH]1. The quantitative estimate of drug-likeness (QED) is 0.496. The molecule has 0 saturated carbocycles. The first-order valence-corrected chi connectivity index (χ1v) is 2.34. The maximum Gasteiger partial charge on any atom is 0.193 e. The molecule has 0 amide bonds. The van der Waals surface area contributed by atoms with Crippen LogP contribution in [0.5, 0.6) is 11.6 Å². The minimum absolute atomic E-state index is 0.0579. The van der Waals surface area contributed by atoms with Crippen molar-refractivity contribution in [3.63, 3.8) is 0 Å². The summed E-state index contributed by atoms with van der Waals surface area (Å²) in [4.78, 5) is 2.28. The minimum Gasteiger partial charge on any atom is -0.505 e. The van der Waals surface area contributed by atoms with E-state index in [4.69, 9.17) is 21.8 Å². The summed E-state index contributed by atoms with van der Waals surface area (Å²) >= 11 is 5.26. The number of aromatic nitrogens is 1. The first-order valence-electron chi connectivity index (χ1n) is 1.96. The van der Waals surface area contributed by atoms with Gasteiger partial charge in [0.05, 0.1) is 0 Å². The third kappa shape index (κ3) is 0.721. The number of hydrogen-bond acceptors (Lipinski definition) is 2.